The lowest BCUT2D eigenvalue weighted by molar-refractivity contribution is 0.0591. The molecule has 9 heteroatoms. The zero-order valence-corrected chi connectivity index (χ0v) is 21.8. The first kappa shape index (κ1) is 26.2. The van der Waals surface area contributed by atoms with Gasteiger partial charge in [0.1, 0.15) is 0 Å². The van der Waals surface area contributed by atoms with Gasteiger partial charge in [-0.2, -0.15) is 0 Å². The number of carbonyl (C=O) groups is 2. The molecule has 174 valence electrons. The number of ether oxygens (including phenoxy) is 3. The van der Waals surface area contributed by atoms with Crippen LogP contribution in [0, 0.1) is 13.8 Å². The third-order valence-corrected chi connectivity index (χ3v) is 6.09. The first-order chi connectivity index (χ1) is 15.2. The molecule has 0 saturated carbocycles. The van der Waals surface area contributed by atoms with Crippen LogP contribution in [0.1, 0.15) is 44.7 Å². The van der Waals surface area contributed by atoms with Gasteiger partial charge in [-0.1, -0.05) is 31.9 Å². The van der Waals surface area contributed by atoms with E-state index in [1.54, 1.807) is 25.1 Å². The third kappa shape index (κ3) is 6.95. The van der Waals surface area contributed by atoms with Gasteiger partial charge < -0.3 is 25.3 Å². The Balaban J connectivity index is 0.000000244. The summed E-state index contributed by atoms with van der Waals surface area (Å²) >= 11 is 6.69. The fourth-order valence-electron chi connectivity index (χ4n) is 3.23. The van der Waals surface area contributed by atoms with Crippen LogP contribution in [0.4, 0.5) is 11.4 Å². The Morgan fingerprint density at radius 1 is 0.938 bits per heavy atom. The van der Waals surface area contributed by atoms with Gasteiger partial charge in [-0.05, 0) is 62.1 Å². The number of nitrogens with one attached hydrogen (secondary N) is 1. The molecule has 1 heterocycles. The number of esters is 2. The van der Waals surface area contributed by atoms with Gasteiger partial charge in [0.2, 0.25) is 0 Å². The van der Waals surface area contributed by atoms with Gasteiger partial charge in [0.15, 0.2) is 0 Å². The molecule has 0 unspecified atom stereocenters. The molecule has 1 aliphatic heterocycles. The molecule has 0 atom stereocenters. The largest absolute Gasteiger partial charge is 0.465 e. The standard InChI is InChI=1S/C14H18BrNO3.C9H10BrNO2/c1-9-12(14(17)18-2)7-10(15)8-13(9)16-11-3-5-19-6-4-11;1-5-7(9(12)13-2)3-6(10)4-8(5)11/h7-8,11,16H,3-6H2,1-2H3;3-4H,11H2,1-2H3. The fourth-order valence-corrected chi connectivity index (χ4v) is 4.17. The molecular formula is C23H28Br2N2O5. The molecule has 1 fully saturated rings. The number of anilines is 2. The Kier molecular flexibility index (Phi) is 9.99. The summed E-state index contributed by atoms with van der Waals surface area (Å²) < 4.78 is 16.4. The van der Waals surface area contributed by atoms with Crippen molar-refractivity contribution in [2.45, 2.75) is 32.7 Å². The Bertz CT molecular complexity index is 975. The summed E-state index contributed by atoms with van der Waals surface area (Å²) in [6, 6.07) is 7.62. The van der Waals surface area contributed by atoms with Crippen molar-refractivity contribution in [1.29, 1.82) is 0 Å². The van der Waals surface area contributed by atoms with Crippen LogP contribution in [-0.4, -0.2) is 45.4 Å². The number of nitrogens with two attached hydrogens (primary N) is 1. The molecule has 0 bridgehead atoms. The minimum atomic E-state index is -0.370. The zero-order chi connectivity index (χ0) is 23.8. The van der Waals surface area contributed by atoms with E-state index in [9.17, 15) is 9.59 Å². The summed E-state index contributed by atoms with van der Waals surface area (Å²) in [4.78, 5) is 23.0. The van der Waals surface area contributed by atoms with Crippen molar-refractivity contribution in [3.05, 3.63) is 55.5 Å². The van der Waals surface area contributed by atoms with Crippen molar-refractivity contribution >= 4 is 55.2 Å². The lowest BCUT2D eigenvalue weighted by atomic mass is 10.0. The Hall–Kier alpha value is -2.10. The lowest BCUT2D eigenvalue weighted by Gasteiger charge is -2.25. The molecule has 1 aliphatic rings. The second kappa shape index (κ2) is 12.2. The van der Waals surface area contributed by atoms with Crippen molar-refractivity contribution in [2.75, 3.05) is 38.5 Å². The molecule has 0 amide bonds. The lowest BCUT2D eigenvalue weighted by Crippen LogP contribution is -2.28. The summed E-state index contributed by atoms with van der Waals surface area (Å²) in [7, 11) is 2.74. The van der Waals surface area contributed by atoms with E-state index >= 15 is 0 Å². The van der Waals surface area contributed by atoms with Crippen LogP contribution in [0.25, 0.3) is 0 Å². The second-order valence-electron chi connectivity index (χ2n) is 7.31. The Labute approximate surface area is 205 Å². The van der Waals surface area contributed by atoms with Gasteiger partial charge in [0, 0.05) is 39.6 Å². The van der Waals surface area contributed by atoms with Crippen LogP contribution in [-0.2, 0) is 14.2 Å². The Morgan fingerprint density at radius 2 is 1.44 bits per heavy atom. The minimum absolute atomic E-state index is 0.311. The predicted molar refractivity (Wildman–Crippen MR) is 132 cm³/mol. The van der Waals surface area contributed by atoms with Gasteiger partial charge in [-0.25, -0.2) is 9.59 Å². The van der Waals surface area contributed by atoms with Crippen LogP contribution in [0.15, 0.2) is 33.2 Å². The molecule has 0 spiro atoms. The van der Waals surface area contributed by atoms with Gasteiger partial charge in [-0.3, -0.25) is 0 Å². The number of hydrogen-bond donors (Lipinski definition) is 2. The van der Waals surface area contributed by atoms with Crippen molar-refractivity contribution in [2.24, 2.45) is 0 Å². The molecule has 0 aromatic heterocycles. The average Bonchev–Trinajstić information content (AvgIpc) is 2.78. The molecule has 0 radical (unpaired) electrons. The number of benzene rings is 2. The van der Waals surface area contributed by atoms with E-state index in [1.165, 1.54) is 14.2 Å². The number of methoxy groups -OCH3 is 2. The van der Waals surface area contributed by atoms with E-state index in [0.717, 1.165) is 51.8 Å². The SMILES string of the molecule is COC(=O)c1cc(Br)cc(N)c1C.COC(=O)c1cc(Br)cc(NC2CCOCC2)c1C. The second-order valence-corrected chi connectivity index (χ2v) is 9.14. The van der Waals surface area contributed by atoms with Gasteiger partial charge in [-0.15, -0.1) is 0 Å². The van der Waals surface area contributed by atoms with Gasteiger partial charge >= 0.3 is 11.9 Å². The van der Waals surface area contributed by atoms with E-state index in [0.29, 0.717) is 22.9 Å². The van der Waals surface area contributed by atoms with E-state index in [2.05, 4.69) is 41.9 Å². The highest BCUT2D eigenvalue weighted by molar-refractivity contribution is 9.10. The topological polar surface area (TPSA) is 99.9 Å². The minimum Gasteiger partial charge on any atom is -0.465 e. The zero-order valence-electron chi connectivity index (χ0n) is 18.6. The van der Waals surface area contributed by atoms with E-state index in [-0.39, 0.29) is 11.9 Å². The number of nitrogen functional groups attached to an aromatic ring is 1. The van der Waals surface area contributed by atoms with Crippen LogP contribution >= 0.6 is 31.9 Å². The molecule has 1 saturated heterocycles. The molecule has 7 nitrogen and oxygen atoms in total. The smallest absolute Gasteiger partial charge is 0.338 e. The highest BCUT2D eigenvalue weighted by Crippen LogP contribution is 2.27. The first-order valence-electron chi connectivity index (χ1n) is 10.0. The summed E-state index contributed by atoms with van der Waals surface area (Å²) in [6.45, 7) is 5.29. The molecular weight excluding hydrogens is 544 g/mol. The van der Waals surface area contributed by atoms with Gasteiger partial charge in [0.25, 0.3) is 0 Å². The van der Waals surface area contributed by atoms with Crippen molar-refractivity contribution in [3.8, 4) is 0 Å². The first-order valence-corrected chi connectivity index (χ1v) is 11.6. The Morgan fingerprint density at radius 3 is 1.97 bits per heavy atom. The normalized spacial score (nSPS) is 13.6. The maximum absolute atomic E-state index is 11.7. The fraction of sp³-hybridized carbons (Fsp3) is 0.391. The van der Waals surface area contributed by atoms with Crippen molar-refractivity contribution < 1.29 is 23.8 Å². The van der Waals surface area contributed by atoms with E-state index < -0.39 is 0 Å². The molecule has 32 heavy (non-hydrogen) atoms. The summed E-state index contributed by atoms with van der Waals surface area (Å²) in [5.41, 5.74) is 9.98. The van der Waals surface area contributed by atoms with E-state index in [1.807, 2.05) is 13.0 Å². The van der Waals surface area contributed by atoms with Crippen LogP contribution < -0.4 is 11.1 Å². The number of rotatable bonds is 4. The van der Waals surface area contributed by atoms with Crippen molar-refractivity contribution in [1.82, 2.24) is 0 Å². The van der Waals surface area contributed by atoms with E-state index in [4.69, 9.17) is 15.2 Å². The summed E-state index contributed by atoms with van der Waals surface area (Å²) in [6.07, 6.45) is 1.97. The maximum Gasteiger partial charge on any atom is 0.338 e. The predicted octanol–water partition coefficient (Wildman–Crippen LogP) is 5.26. The monoisotopic (exact) mass is 570 g/mol. The molecule has 2 aromatic carbocycles. The highest BCUT2D eigenvalue weighted by atomic mass is 79.9. The number of carbonyl (C=O) groups excluding carboxylic acids is 2. The number of halogens is 2. The number of hydrogen-bond acceptors (Lipinski definition) is 7. The van der Waals surface area contributed by atoms with Crippen LogP contribution in [0.5, 0.6) is 0 Å². The maximum atomic E-state index is 11.7. The molecule has 2 aromatic rings. The highest BCUT2D eigenvalue weighted by Gasteiger charge is 2.18. The average molecular weight is 572 g/mol. The van der Waals surface area contributed by atoms with Crippen LogP contribution in [0.2, 0.25) is 0 Å². The summed E-state index contributed by atoms with van der Waals surface area (Å²) in [5, 5.41) is 3.49. The molecule has 3 rings (SSSR count). The van der Waals surface area contributed by atoms with Gasteiger partial charge in [0.05, 0.1) is 25.3 Å². The van der Waals surface area contributed by atoms with Crippen molar-refractivity contribution in [3.63, 3.8) is 0 Å². The third-order valence-electron chi connectivity index (χ3n) is 5.18. The molecule has 0 aliphatic carbocycles. The quantitative estimate of drug-likeness (QED) is 0.381. The van der Waals surface area contributed by atoms with Crippen LogP contribution in [0.3, 0.4) is 0 Å². The summed E-state index contributed by atoms with van der Waals surface area (Å²) in [5.74, 6) is -0.681. The molecule has 3 N–H and O–H groups in total.